The number of benzene rings is 1. The van der Waals surface area contributed by atoms with Crippen molar-refractivity contribution in [1.82, 2.24) is 10.2 Å². The monoisotopic (exact) mass is 364 g/mol. The van der Waals surface area contributed by atoms with E-state index in [-0.39, 0.29) is 5.54 Å². The summed E-state index contributed by atoms with van der Waals surface area (Å²) in [6.45, 7) is 4.04. The molecule has 0 spiro atoms. The molecule has 6 heteroatoms. The molecular weight excluding hydrogens is 343 g/mol. The van der Waals surface area contributed by atoms with Crippen molar-refractivity contribution in [3.05, 3.63) is 47.2 Å². The molecule has 1 aromatic heterocycles. The van der Waals surface area contributed by atoms with Gasteiger partial charge in [0.05, 0.1) is 30.3 Å². The zero-order chi connectivity index (χ0) is 17.3. The van der Waals surface area contributed by atoms with Crippen LogP contribution in [-0.2, 0) is 11.3 Å². The van der Waals surface area contributed by atoms with Gasteiger partial charge < -0.3 is 14.5 Å². The Hall–Kier alpha value is -1.40. The van der Waals surface area contributed by atoms with E-state index < -0.39 is 6.17 Å². The molecule has 0 radical (unpaired) electrons. The number of furan rings is 1. The summed E-state index contributed by atoms with van der Waals surface area (Å²) >= 11 is 6.22. The highest BCUT2D eigenvalue weighted by Gasteiger charge is 2.46. The normalized spacial score (nSPS) is 22.9. The van der Waals surface area contributed by atoms with Crippen LogP contribution in [0.3, 0.4) is 0 Å². The van der Waals surface area contributed by atoms with Gasteiger partial charge in [-0.1, -0.05) is 23.7 Å². The summed E-state index contributed by atoms with van der Waals surface area (Å²) in [5.41, 5.74) is 0.823. The van der Waals surface area contributed by atoms with Crippen molar-refractivity contribution in [2.24, 2.45) is 0 Å². The molecule has 4 nitrogen and oxygen atoms in total. The van der Waals surface area contributed by atoms with Gasteiger partial charge in [-0.05, 0) is 30.7 Å². The van der Waals surface area contributed by atoms with E-state index in [1.165, 1.54) is 0 Å². The summed E-state index contributed by atoms with van der Waals surface area (Å²) < 4.78 is 24.8. The molecule has 1 atom stereocenters. The number of alkyl halides is 1. The van der Waals surface area contributed by atoms with Crippen LogP contribution in [0.15, 0.2) is 40.8 Å². The Morgan fingerprint density at radius 1 is 1.24 bits per heavy atom. The zero-order valence-electron chi connectivity index (χ0n) is 14.0. The molecule has 2 saturated heterocycles. The van der Waals surface area contributed by atoms with Crippen molar-refractivity contribution in [3.63, 3.8) is 0 Å². The fourth-order valence-corrected chi connectivity index (χ4v) is 3.81. The van der Waals surface area contributed by atoms with E-state index in [4.69, 9.17) is 20.8 Å². The third-order valence-corrected chi connectivity index (χ3v) is 5.43. The molecule has 2 fully saturated rings. The van der Waals surface area contributed by atoms with E-state index in [1.807, 2.05) is 36.4 Å². The summed E-state index contributed by atoms with van der Waals surface area (Å²) in [6.07, 6.45) is -0.0815. The van der Waals surface area contributed by atoms with Crippen LogP contribution in [0.5, 0.6) is 0 Å². The molecule has 134 valence electrons. The third kappa shape index (κ3) is 3.47. The van der Waals surface area contributed by atoms with Gasteiger partial charge in [0.15, 0.2) is 0 Å². The van der Waals surface area contributed by atoms with Gasteiger partial charge in [-0.2, -0.15) is 0 Å². The summed E-state index contributed by atoms with van der Waals surface area (Å²) in [7, 11) is 0. The molecular formula is C19H22ClFN2O2. The number of rotatable bonds is 6. The summed E-state index contributed by atoms with van der Waals surface area (Å²) in [5, 5.41) is 4.12. The lowest BCUT2D eigenvalue weighted by atomic mass is 9.95. The minimum atomic E-state index is -0.708. The predicted octanol–water partition coefficient (Wildman–Crippen LogP) is 3.50. The standard InChI is InChI=1S/C19H22ClFN2O2/c20-17-4-2-1-3-16(17)18-6-5-15(25-18)9-22-11-19(12-24-13-19)23-8-7-14(21)10-23/h1-6,14,22H,7-13H2. The van der Waals surface area contributed by atoms with Gasteiger partial charge in [-0.3, -0.25) is 4.90 Å². The van der Waals surface area contributed by atoms with Crippen LogP contribution in [-0.4, -0.2) is 49.5 Å². The van der Waals surface area contributed by atoms with Gasteiger partial charge >= 0.3 is 0 Å². The molecule has 0 saturated carbocycles. The molecule has 2 aliphatic rings. The fraction of sp³-hybridized carbons (Fsp3) is 0.474. The van der Waals surface area contributed by atoms with Crippen molar-refractivity contribution in [2.75, 3.05) is 32.8 Å². The molecule has 0 amide bonds. The Kier molecular flexibility index (Phi) is 4.82. The summed E-state index contributed by atoms with van der Waals surface area (Å²) in [5.74, 6) is 1.62. The number of hydrogen-bond donors (Lipinski definition) is 1. The Bertz CT molecular complexity index is 732. The Labute approximate surface area is 151 Å². The van der Waals surface area contributed by atoms with Crippen LogP contribution < -0.4 is 5.32 Å². The highest BCUT2D eigenvalue weighted by molar-refractivity contribution is 6.33. The van der Waals surface area contributed by atoms with E-state index in [2.05, 4.69) is 10.2 Å². The van der Waals surface area contributed by atoms with Crippen LogP contribution in [0.1, 0.15) is 12.2 Å². The zero-order valence-corrected chi connectivity index (χ0v) is 14.8. The molecule has 1 unspecified atom stereocenters. The molecule has 3 heterocycles. The number of nitrogens with zero attached hydrogens (tertiary/aromatic N) is 1. The maximum absolute atomic E-state index is 13.5. The van der Waals surface area contributed by atoms with E-state index in [0.717, 1.165) is 30.2 Å². The molecule has 0 bridgehead atoms. The number of likely N-dealkylation sites (tertiary alicyclic amines) is 1. The first-order valence-electron chi connectivity index (χ1n) is 8.67. The lowest BCUT2D eigenvalue weighted by molar-refractivity contribution is -0.133. The van der Waals surface area contributed by atoms with Gasteiger partial charge in [-0.25, -0.2) is 4.39 Å². The second kappa shape index (κ2) is 7.08. The molecule has 4 rings (SSSR count). The van der Waals surface area contributed by atoms with Gasteiger partial charge in [0.2, 0.25) is 0 Å². The van der Waals surface area contributed by atoms with Gasteiger partial charge in [0.1, 0.15) is 17.7 Å². The summed E-state index contributed by atoms with van der Waals surface area (Å²) in [6, 6.07) is 11.5. The Morgan fingerprint density at radius 2 is 2.08 bits per heavy atom. The first-order chi connectivity index (χ1) is 12.2. The predicted molar refractivity (Wildman–Crippen MR) is 95.5 cm³/mol. The van der Waals surface area contributed by atoms with Crippen molar-refractivity contribution >= 4 is 11.6 Å². The van der Waals surface area contributed by atoms with Crippen molar-refractivity contribution in [3.8, 4) is 11.3 Å². The third-order valence-electron chi connectivity index (χ3n) is 5.10. The maximum Gasteiger partial charge on any atom is 0.135 e. The van der Waals surface area contributed by atoms with Gasteiger partial charge in [-0.15, -0.1) is 0 Å². The van der Waals surface area contributed by atoms with E-state index in [0.29, 0.717) is 37.7 Å². The van der Waals surface area contributed by atoms with E-state index >= 15 is 0 Å². The van der Waals surface area contributed by atoms with Crippen LogP contribution in [0.4, 0.5) is 4.39 Å². The molecule has 1 N–H and O–H groups in total. The fourth-order valence-electron chi connectivity index (χ4n) is 3.58. The summed E-state index contributed by atoms with van der Waals surface area (Å²) in [4.78, 5) is 2.23. The van der Waals surface area contributed by atoms with Crippen LogP contribution in [0.2, 0.25) is 5.02 Å². The SMILES string of the molecule is FC1CCN(C2(CNCc3ccc(-c4ccccc4Cl)o3)COC2)C1. The highest BCUT2D eigenvalue weighted by Crippen LogP contribution is 2.31. The minimum Gasteiger partial charge on any atom is -0.460 e. The molecule has 1 aromatic carbocycles. The van der Waals surface area contributed by atoms with E-state index in [1.54, 1.807) is 0 Å². The first kappa shape index (κ1) is 17.0. The van der Waals surface area contributed by atoms with Crippen molar-refractivity contribution in [2.45, 2.75) is 24.7 Å². The first-order valence-corrected chi connectivity index (χ1v) is 9.05. The smallest absolute Gasteiger partial charge is 0.135 e. The maximum atomic E-state index is 13.5. The van der Waals surface area contributed by atoms with Gasteiger partial charge in [0.25, 0.3) is 0 Å². The lowest BCUT2D eigenvalue weighted by Gasteiger charge is -2.48. The Morgan fingerprint density at radius 3 is 2.76 bits per heavy atom. The van der Waals surface area contributed by atoms with Crippen LogP contribution in [0.25, 0.3) is 11.3 Å². The lowest BCUT2D eigenvalue weighted by Crippen LogP contribution is -2.66. The second-order valence-corrected chi connectivity index (χ2v) is 7.31. The van der Waals surface area contributed by atoms with E-state index in [9.17, 15) is 4.39 Å². The van der Waals surface area contributed by atoms with Crippen LogP contribution >= 0.6 is 11.6 Å². The number of halogens is 2. The number of hydrogen-bond acceptors (Lipinski definition) is 4. The molecule has 0 aliphatic carbocycles. The van der Waals surface area contributed by atoms with Crippen molar-refractivity contribution < 1.29 is 13.5 Å². The van der Waals surface area contributed by atoms with Crippen molar-refractivity contribution in [1.29, 1.82) is 0 Å². The van der Waals surface area contributed by atoms with Gasteiger partial charge in [0, 0.05) is 25.2 Å². The number of ether oxygens (including phenoxy) is 1. The molecule has 2 aliphatic heterocycles. The second-order valence-electron chi connectivity index (χ2n) is 6.90. The average Bonchev–Trinajstić information content (AvgIpc) is 3.20. The molecule has 25 heavy (non-hydrogen) atoms. The topological polar surface area (TPSA) is 37.6 Å². The van der Waals surface area contributed by atoms with Crippen LogP contribution in [0, 0.1) is 0 Å². The largest absolute Gasteiger partial charge is 0.460 e. The minimum absolute atomic E-state index is 0.0704. The Balaban J connectivity index is 1.35. The quantitative estimate of drug-likeness (QED) is 0.851. The average molecular weight is 365 g/mol. The highest BCUT2D eigenvalue weighted by atomic mass is 35.5. The molecule has 2 aromatic rings. The number of nitrogens with one attached hydrogen (secondary N) is 1.